The Kier molecular flexibility index (Phi) is 2.78. The topological polar surface area (TPSA) is 24.7 Å². The first-order valence-electron chi connectivity index (χ1n) is 3.65. The Bertz CT molecular complexity index is 214. The average Bonchev–Trinajstić information content (AvgIpc) is 2.06. The third kappa shape index (κ3) is 1.87. The lowest BCUT2D eigenvalue weighted by atomic mass is 9.96. The zero-order valence-corrected chi connectivity index (χ0v) is 6.64. The summed E-state index contributed by atoms with van der Waals surface area (Å²) >= 11 is 0. The Morgan fingerprint density at radius 2 is 2.09 bits per heavy atom. The summed E-state index contributed by atoms with van der Waals surface area (Å²) in [5.74, 6) is 0.309. The highest BCUT2D eigenvalue weighted by Crippen LogP contribution is 2.16. The van der Waals surface area contributed by atoms with E-state index in [4.69, 9.17) is 0 Å². The van der Waals surface area contributed by atoms with Crippen LogP contribution in [0, 0.1) is 5.92 Å². The van der Waals surface area contributed by atoms with Gasteiger partial charge in [-0.15, -0.1) is 6.58 Å². The molecule has 2 heteroatoms. The van der Waals surface area contributed by atoms with Crippen molar-refractivity contribution < 1.29 is 0 Å². The number of allylic oxidation sites excluding steroid dienone is 2. The van der Waals surface area contributed by atoms with E-state index >= 15 is 0 Å². The molecule has 0 aromatic heterocycles. The fourth-order valence-corrected chi connectivity index (χ4v) is 1.08. The van der Waals surface area contributed by atoms with Gasteiger partial charge in [-0.3, -0.25) is 0 Å². The lowest BCUT2D eigenvalue weighted by molar-refractivity contribution is 0.652. The standard InChI is InChI=1S/C9H12N2/c1-3-8-6-4-5-7-9(8)11-10-2/h3-9H,1H2,2H3/b11-10-. The molecule has 1 aliphatic rings. The Labute approximate surface area is 67.0 Å². The summed E-state index contributed by atoms with van der Waals surface area (Å²) in [6, 6.07) is 0.155. The van der Waals surface area contributed by atoms with Crippen LogP contribution in [0.4, 0.5) is 0 Å². The highest BCUT2D eigenvalue weighted by molar-refractivity contribution is 5.20. The quantitative estimate of drug-likeness (QED) is 0.424. The van der Waals surface area contributed by atoms with E-state index in [-0.39, 0.29) is 6.04 Å². The van der Waals surface area contributed by atoms with E-state index in [0.717, 1.165) is 0 Å². The lowest BCUT2D eigenvalue weighted by Gasteiger charge is -2.14. The zero-order chi connectivity index (χ0) is 8.10. The fraction of sp³-hybridized carbons (Fsp3) is 0.333. The second kappa shape index (κ2) is 3.86. The Balaban J connectivity index is 2.70. The van der Waals surface area contributed by atoms with Gasteiger partial charge in [0.1, 0.15) is 0 Å². The minimum absolute atomic E-state index is 0.155. The summed E-state index contributed by atoms with van der Waals surface area (Å²) in [6.45, 7) is 3.73. The minimum atomic E-state index is 0.155. The fourth-order valence-electron chi connectivity index (χ4n) is 1.08. The number of hydrogen-bond acceptors (Lipinski definition) is 2. The smallest absolute Gasteiger partial charge is 0.0988 e. The van der Waals surface area contributed by atoms with Crippen LogP contribution in [0.15, 0.2) is 47.2 Å². The van der Waals surface area contributed by atoms with Crippen LogP contribution in [0.25, 0.3) is 0 Å². The molecule has 0 aromatic carbocycles. The van der Waals surface area contributed by atoms with Crippen molar-refractivity contribution in [2.75, 3.05) is 7.05 Å². The molecule has 0 amide bonds. The molecule has 11 heavy (non-hydrogen) atoms. The monoisotopic (exact) mass is 148 g/mol. The van der Waals surface area contributed by atoms with Gasteiger partial charge < -0.3 is 0 Å². The summed E-state index contributed by atoms with van der Waals surface area (Å²) in [5, 5.41) is 7.80. The van der Waals surface area contributed by atoms with Crippen LogP contribution in [0.3, 0.4) is 0 Å². The van der Waals surface area contributed by atoms with Crippen molar-refractivity contribution in [3.05, 3.63) is 37.0 Å². The predicted octanol–water partition coefficient (Wildman–Crippen LogP) is 2.37. The first-order chi connectivity index (χ1) is 5.38. The van der Waals surface area contributed by atoms with E-state index in [1.165, 1.54) is 0 Å². The molecule has 0 fully saturated rings. The molecule has 0 bridgehead atoms. The van der Waals surface area contributed by atoms with Crippen LogP contribution in [-0.4, -0.2) is 13.1 Å². The Morgan fingerprint density at radius 3 is 2.73 bits per heavy atom. The van der Waals surface area contributed by atoms with Gasteiger partial charge in [-0.25, -0.2) is 0 Å². The van der Waals surface area contributed by atoms with E-state index in [2.05, 4.69) is 22.9 Å². The van der Waals surface area contributed by atoms with Gasteiger partial charge in [0.05, 0.1) is 6.04 Å². The largest absolute Gasteiger partial charge is 0.197 e. The van der Waals surface area contributed by atoms with E-state index in [1.54, 1.807) is 7.05 Å². The maximum Gasteiger partial charge on any atom is 0.0988 e. The molecule has 0 aliphatic heterocycles. The van der Waals surface area contributed by atoms with Crippen LogP contribution in [-0.2, 0) is 0 Å². The van der Waals surface area contributed by atoms with Gasteiger partial charge in [0.25, 0.3) is 0 Å². The Hall–Kier alpha value is -1.18. The SMILES string of the molecule is C=CC1C=CC=CC1/N=N\C. The van der Waals surface area contributed by atoms with Gasteiger partial charge >= 0.3 is 0 Å². The predicted molar refractivity (Wildman–Crippen MR) is 46.5 cm³/mol. The molecule has 58 valence electrons. The van der Waals surface area contributed by atoms with Gasteiger partial charge in [-0.05, 0) is 0 Å². The van der Waals surface area contributed by atoms with Gasteiger partial charge in [-0.2, -0.15) is 10.2 Å². The van der Waals surface area contributed by atoms with Crippen LogP contribution >= 0.6 is 0 Å². The summed E-state index contributed by atoms with van der Waals surface area (Å²) < 4.78 is 0. The summed E-state index contributed by atoms with van der Waals surface area (Å²) in [6.07, 6.45) is 9.98. The summed E-state index contributed by atoms with van der Waals surface area (Å²) in [4.78, 5) is 0. The second-order valence-electron chi connectivity index (χ2n) is 2.39. The minimum Gasteiger partial charge on any atom is -0.197 e. The molecule has 0 spiro atoms. The lowest BCUT2D eigenvalue weighted by Crippen LogP contribution is -2.12. The second-order valence-corrected chi connectivity index (χ2v) is 2.39. The molecule has 0 heterocycles. The van der Waals surface area contributed by atoms with Gasteiger partial charge in [-0.1, -0.05) is 30.4 Å². The number of nitrogens with zero attached hydrogens (tertiary/aromatic N) is 2. The number of rotatable bonds is 2. The molecule has 2 atom stereocenters. The van der Waals surface area contributed by atoms with Crippen molar-refractivity contribution in [3.63, 3.8) is 0 Å². The maximum absolute atomic E-state index is 4.05. The van der Waals surface area contributed by atoms with Gasteiger partial charge in [0.2, 0.25) is 0 Å². The first-order valence-corrected chi connectivity index (χ1v) is 3.65. The summed E-state index contributed by atoms with van der Waals surface area (Å²) in [7, 11) is 1.69. The molecule has 2 nitrogen and oxygen atoms in total. The van der Waals surface area contributed by atoms with Crippen molar-refractivity contribution in [1.29, 1.82) is 0 Å². The zero-order valence-electron chi connectivity index (χ0n) is 6.64. The van der Waals surface area contributed by atoms with E-state index in [0.29, 0.717) is 5.92 Å². The van der Waals surface area contributed by atoms with Crippen molar-refractivity contribution in [2.45, 2.75) is 6.04 Å². The van der Waals surface area contributed by atoms with Crippen LogP contribution in [0.1, 0.15) is 0 Å². The van der Waals surface area contributed by atoms with Crippen LogP contribution in [0.5, 0.6) is 0 Å². The molecule has 0 saturated carbocycles. The third-order valence-corrected chi connectivity index (χ3v) is 1.67. The van der Waals surface area contributed by atoms with Gasteiger partial charge in [0, 0.05) is 13.0 Å². The van der Waals surface area contributed by atoms with Crippen molar-refractivity contribution in [3.8, 4) is 0 Å². The maximum atomic E-state index is 4.05. The molecule has 1 aliphatic carbocycles. The van der Waals surface area contributed by atoms with Crippen molar-refractivity contribution >= 4 is 0 Å². The van der Waals surface area contributed by atoms with Crippen LogP contribution in [0.2, 0.25) is 0 Å². The average molecular weight is 148 g/mol. The van der Waals surface area contributed by atoms with Gasteiger partial charge in [0.15, 0.2) is 0 Å². The molecule has 0 radical (unpaired) electrons. The van der Waals surface area contributed by atoms with E-state index in [9.17, 15) is 0 Å². The molecule has 0 N–H and O–H groups in total. The number of hydrogen-bond donors (Lipinski definition) is 0. The first kappa shape index (κ1) is 7.92. The highest BCUT2D eigenvalue weighted by Gasteiger charge is 2.13. The summed E-state index contributed by atoms with van der Waals surface area (Å²) in [5.41, 5.74) is 0. The van der Waals surface area contributed by atoms with Crippen molar-refractivity contribution in [2.24, 2.45) is 16.1 Å². The van der Waals surface area contributed by atoms with Crippen LogP contribution < -0.4 is 0 Å². The third-order valence-electron chi connectivity index (χ3n) is 1.67. The van der Waals surface area contributed by atoms with Crippen molar-refractivity contribution in [1.82, 2.24) is 0 Å². The van der Waals surface area contributed by atoms with E-state index < -0.39 is 0 Å². The highest BCUT2D eigenvalue weighted by atomic mass is 15.1. The molecule has 0 aromatic rings. The molecule has 2 unspecified atom stereocenters. The molecule has 0 saturated heterocycles. The normalized spacial score (nSPS) is 29.5. The molecular formula is C9H12N2. The molecular weight excluding hydrogens is 136 g/mol. The molecule has 1 rings (SSSR count). The van der Waals surface area contributed by atoms with E-state index in [1.807, 2.05) is 24.3 Å². The number of azo groups is 1. The Morgan fingerprint density at radius 1 is 1.36 bits per heavy atom.